The van der Waals surface area contributed by atoms with Crippen molar-refractivity contribution in [2.24, 2.45) is 17.1 Å². The first kappa shape index (κ1) is 13.5. The van der Waals surface area contributed by atoms with Crippen molar-refractivity contribution >= 4 is 17.7 Å². The molecule has 1 saturated carbocycles. The largest absolute Gasteiger partial charge is 0.377 e. The summed E-state index contributed by atoms with van der Waals surface area (Å²) in [6.07, 6.45) is 0.718. The highest BCUT2D eigenvalue weighted by atomic mass is 16.5. The fraction of sp³-hybridized carbons (Fsp3) is 0.769. The summed E-state index contributed by atoms with van der Waals surface area (Å²) >= 11 is 0. The first-order valence-corrected chi connectivity index (χ1v) is 6.81. The number of piperazine rings is 1. The molecule has 3 aliphatic rings. The molecule has 2 heterocycles. The predicted molar refractivity (Wildman–Crippen MR) is 68.3 cm³/mol. The van der Waals surface area contributed by atoms with Crippen LogP contribution in [-0.4, -0.2) is 54.0 Å². The molecule has 0 aromatic carbocycles. The smallest absolute Gasteiger partial charge is 0.246 e. The van der Waals surface area contributed by atoms with Crippen molar-refractivity contribution < 1.29 is 19.1 Å². The minimum Gasteiger partial charge on any atom is -0.377 e. The van der Waals surface area contributed by atoms with Crippen LogP contribution in [0.1, 0.15) is 20.3 Å². The summed E-state index contributed by atoms with van der Waals surface area (Å²) in [5.74, 6) is -1.29. The second-order valence-corrected chi connectivity index (χ2v) is 6.41. The standard InChI is InChI=1S/C13H19N3O4/c1-12(2)10-7(3-4-20-10)13(12,14)11(19)16-5-8(17)15-9(18)6-16/h7,10H,3-6,14H2,1-2H3,(H,15,17,18). The van der Waals surface area contributed by atoms with Crippen LogP contribution in [0.4, 0.5) is 0 Å². The molecule has 0 radical (unpaired) electrons. The summed E-state index contributed by atoms with van der Waals surface area (Å²) in [4.78, 5) is 36.9. The zero-order chi connectivity index (χ0) is 14.7. The van der Waals surface area contributed by atoms with Crippen molar-refractivity contribution in [3.63, 3.8) is 0 Å². The number of nitrogens with zero attached hydrogens (tertiary/aromatic N) is 1. The van der Waals surface area contributed by atoms with Crippen LogP contribution < -0.4 is 11.1 Å². The third-order valence-electron chi connectivity index (χ3n) is 5.04. The summed E-state index contributed by atoms with van der Waals surface area (Å²) in [6, 6.07) is 0. The van der Waals surface area contributed by atoms with E-state index in [4.69, 9.17) is 10.5 Å². The second-order valence-electron chi connectivity index (χ2n) is 6.41. The third kappa shape index (κ3) is 1.50. The molecule has 3 N–H and O–H groups in total. The molecule has 7 heteroatoms. The van der Waals surface area contributed by atoms with Gasteiger partial charge in [0.2, 0.25) is 17.7 Å². The van der Waals surface area contributed by atoms with Gasteiger partial charge in [-0.15, -0.1) is 0 Å². The summed E-state index contributed by atoms with van der Waals surface area (Å²) < 4.78 is 5.65. The van der Waals surface area contributed by atoms with Crippen LogP contribution in [0, 0.1) is 11.3 Å². The average Bonchev–Trinajstić information content (AvgIpc) is 2.83. The Hall–Kier alpha value is -1.47. The molecule has 2 aliphatic heterocycles. The van der Waals surface area contributed by atoms with E-state index in [0.29, 0.717) is 6.61 Å². The van der Waals surface area contributed by atoms with Crippen molar-refractivity contribution in [1.82, 2.24) is 10.2 Å². The number of hydrogen-bond donors (Lipinski definition) is 2. The predicted octanol–water partition coefficient (Wildman–Crippen LogP) is -1.39. The number of ether oxygens (including phenoxy) is 1. The van der Waals surface area contributed by atoms with E-state index in [2.05, 4.69) is 5.32 Å². The maximum Gasteiger partial charge on any atom is 0.246 e. The molecule has 0 spiro atoms. The highest BCUT2D eigenvalue weighted by Gasteiger charge is 2.72. The minimum absolute atomic E-state index is 0.0224. The molecule has 2 saturated heterocycles. The summed E-state index contributed by atoms with van der Waals surface area (Å²) in [5.41, 5.74) is 4.86. The molecule has 0 bridgehead atoms. The van der Waals surface area contributed by atoms with Crippen LogP contribution in [0.15, 0.2) is 0 Å². The fourth-order valence-corrected chi connectivity index (χ4v) is 3.86. The molecule has 3 atom stereocenters. The van der Waals surface area contributed by atoms with E-state index in [0.717, 1.165) is 6.42 Å². The van der Waals surface area contributed by atoms with Crippen molar-refractivity contribution in [2.75, 3.05) is 19.7 Å². The van der Waals surface area contributed by atoms with E-state index in [1.54, 1.807) is 0 Å². The quantitative estimate of drug-likeness (QED) is 0.576. The van der Waals surface area contributed by atoms with Gasteiger partial charge in [0.15, 0.2) is 0 Å². The number of nitrogens with one attached hydrogen (secondary N) is 1. The lowest BCUT2D eigenvalue weighted by Crippen LogP contribution is -2.81. The number of carbonyl (C=O) groups excluding carboxylic acids is 3. The summed E-state index contributed by atoms with van der Waals surface area (Å²) in [7, 11) is 0. The van der Waals surface area contributed by atoms with E-state index in [-0.39, 0.29) is 31.0 Å². The van der Waals surface area contributed by atoms with Gasteiger partial charge >= 0.3 is 0 Å². The van der Waals surface area contributed by atoms with Crippen LogP contribution in [0.5, 0.6) is 0 Å². The van der Waals surface area contributed by atoms with Crippen LogP contribution in [0.2, 0.25) is 0 Å². The van der Waals surface area contributed by atoms with Crippen molar-refractivity contribution in [1.29, 1.82) is 0 Å². The summed E-state index contributed by atoms with van der Waals surface area (Å²) in [6.45, 7) is 4.19. The topological polar surface area (TPSA) is 102 Å². The monoisotopic (exact) mass is 281 g/mol. The zero-order valence-electron chi connectivity index (χ0n) is 11.6. The van der Waals surface area contributed by atoms with Crippen molar-refractivity contribution in [2.45, 2.75) is 31.9 Å². The molecule has 0 aromatic heterocycles. The Labute approximate surface area is 116 Å². The number of fused-ring (bicyclic) bond motifs is 1. The van der Waals surface area contributed by atoms with Crippen molar-refractivity contribution in [3.8, 4) is 0 Å². The molecule has 3 amide bonds. The van der Waals surface area contributed by atoms with E-state index >= 15 is 0 Å². The van der Waals surface area contributed by atoms with E-state index in [9.17, 15) is 14.4 Å². The van der Waals surface area contributed by atoms with Crippen molar-refractivity contribution in [3.05, 3.63) is 0 Å². The Balaban J connectivity index is 1.86. The lowest BCUT2D eigenvalue weighted by Gasteiger charge is -2.61. The SMILES string of the molecule is CC1(C)C2OCCC2C1(N)C(=O)N1CC(=O)NC(=O)C1. The number of carbonyl (C=O) groups is 3. The number of rotatable bonds is 1. The van der Waals surface area contributed by atoms with Crippen LogP contribution >= 0.6 is 0 Å². The molecule has 0 aromatic rings. The first-order valence-electron chi connectivity index (χ1n) is 6.81. The van der Waals surface area contributed by atoms with Gasteiger partial charge in [-0.2, -0.15) is 0 Å². The Morgan fingerprint density at radius 3 is 2.55 bits per heavy atom. The van der Waals surface area contributed by atoms with Gasteiger partial charge in [-0.1, -0.05) is 13.8 Å². The molecular weight excluding hydrogens is 262 g/mol. The van der Waals surface area contributed by atoms with E-state index < -0.39 is 22.8 Å². The van der Waals surface area contributed by atoms with E-state index in [1.807, 2.05) is 13.8 Å². The first-order chi connectivity index (χ1) is 9.28. The lowest BCUT2D eigenvalue weighted by atomic mass is 9.47. The molecule has 20 heavy (non-hydrogen) atoms. The maximum absolute atomic E-state index is 12.8. The van der Waals surface area contributed by atoms with Crippen LogP contribution in [0.3, 0.4) is 0 Å². The maximum atomic E-state index is 12.8. The Kier molecular flexibility index (Phi) is 2.71. The number of hydrogen-bond acceptors (Lipinski definition) is 5. The molecule has 3 rings (SSSR count). The molecule has 1 aliphatic carbocycles. The number of amides is 3. The highest BCUT2D eigenvalue weighted by molar-refractivity contribution is 6.04. The van der Waals surface area contributed by atoms with Gasteiger partial charge in [-0.05, 0) is 6.42 Å². The van der Waals surface area contributed by atoms with Gasteiger partial charge in [-0.3, -0.25) is 19.7 Å². The number of nitrogens with two attached hydrogens (primary N) is 1. The highest BCUT2D eigenvalue weighted by Crippen LogP contribution is 2.58. The van der Waals surface area contributed by atoms with Gasteiger partial charge in [-0.25, -0.2) is 0 Å². The molecule has 7 nitrogen and oxygen atoms in total. The Morgan fingerprint density at radius 2 is 1.95 bits per heavy atom. The average molecular weight is 281 g/mol. The van der Waals surface area contributed by atoms with Gasteiger partial charge in [0, 0.05) is 17.9 Å². The van der Waals surface area contributed by atoms with Gasteiger partial charge < -0.3 is 15.4 Å². The molecular formula is C13H19N3O4. The Morgan fingerprint density at radius 1 is 1.35 bits per heavy atom. The minimum atomic E-state index is -1.06. The molecule has 110 valence electrons. The van der Waals surface area contributed by atoms with Gasteiger partial charge in [0.1, 0.15) is 18.6 Å². The Bertz CT molecular complexity index is 488. The van der Waals surface area contributed by atoms with E-state index in [1.165, 1.54) is 4.90 Å². The van der Waals surface area contributed by atoms with Crippen LogP contribution in [-0.2, 0) is 19.1 Å². The molecule has 3 fully saturated rings. The molecule has 3 unspecified atom stereocenters. The normalized spacial score (nSPS) is 39.0. The summed E-state index contributed by atoms with van der Waals surface area (Å²) in [5, 5.41) is 2.18. The zero-order valence-corrected chi connectivity index (χ0v) is 11.6. The third-order valence-corrected chi connectivity index (χ3v) is 5.04. The second kappa shape index (κ2) is 4.02. The number of imide groups is 1. The van der Waals surface area contributed by atoms with Crippen LogP contribution in [0.25, 0.3) is 0 Å². The lowest BCUT2D eigenvalue weighted by molar-refractivity contribution is -0.186. The van der Waals surface area contributed by atoms with Gasteiger partial charge in [0.25, 0.3) is 0 Å². The van der Waals surface area contributed by atoms with Gasteiger partial charge in [0.05, 0.1) is 6.10 Å². The fourth-order valence-electron chi connectivity index (χ4n) is 3.86.